The Bertz CT molecular complexity index is 304. The Balaban J connectivity index is 2.95. The molecule has 1 aromatic rings. The molecule has 1 heterocycles. The summed E-state index contributed by atoms with van der Waals surface area (Å²) in [5, 5.41) is 8.78. The molecule has 0 saturated carbocycles. The first-order valence-electron chi connectivity index (χ1n) is 3.78. The van der Waals surface area contributed by atoms with E-state index in [9.17, 15) is 0 Å². The lowest BCUT2D eigenvalue weighted by Gasteiger charge is -2.04. The van der Waals surface area contributed by atoms with E-state index in [-0.39, 0.29) is 5.92 Å². The molecule has 3 heteroatoms. The van der Waals surface area contributed by atoms with E-state index in [4.69, 9.17) is 5.26 Å². The standard InChI is InChI=1S/C9H9BrN2/c1-2-7(4-11)8-3-9(10)6-12-5-8/h3,5-7H,2H2,1H3. The van der Waals surface area contributed by atoms with Gasteiger partial charge in [0.15, 0.2) is 0 Å². The molecule has 0 aliphatic rings. The normalized spacial score (nSPS) is 12.1. The van der Waals surface area contributed by atoms with Crippen molar-refractivity contribution >= 4 is 15.9 Å². The van der Waals surface area contributed by atoms with Gasteiger partial charge in [0.05, 0.1) is 12.0 Å². The molecule has 62 valence electrons. The first-order chi connectivity index (χ1) is 5.77. The van der Waals surface area contributed by atoms with E-state index in [1.165, 1.54) is 0 Å². The Morgan fingerprint density at radius 1 is 1.67 bits per heavy atom. The maximum absolute atomic E-state index is 8.78. The number of rotatable bonds is 2. The van der Waals surface area contributed by atoms with Gasteiger partial charge in [-0.1, -0.05) is 6.92 Å². The van der Waals surface area contributed by atoms with Crippen molar-refractivity contribution < 1.29 is 0 Å². The van der Waals surface area contributed by atoms with Gasteiger partial charge in [-0.15, -0.1) is 0 Å². The zero-order valence-electron chi connectivity index (χ0n) is 6.79. The molecule has 0 saturated heterocycles. The molecular weight excluding hydrogens is 216 g/mol. The van der Waals surface area contributed by atoms with Gasteiger partial charge in [-0.25, -0.2) is 0 Å². The van der Waals surface area contributed by atoms with Gasteiger partial charge in [-0.3, -0.25) is 4.98 Å². The Kier molecular flexibility index (Phi) is 3.24. The summed E-state index contributed by atoms with van der Waals surface area (Å²) in [7, 11) is 0. The fourth-order valence-corrected chi connectivity index (χ4v) is 1.40. The highest BCUT2D eigenvalue weighted by Crippen LogP contribution is 2.20. The molecular formula is C9H9BrN2. The van der Waals surface area contributed by atoms with Gasteiger partial charge < -0.3 is 0 Å². The van der Waals surface area contributed by atoms with Crippen LogP contribution >= 0.6 is 15.9 Å². The van der Waals surface area contributed by atoms with Crippen molar-refractivity contribution in [3.63, 3.8) is 0 Å². The number of aromatic nitrogens is 1. The highest BCUT2D eigenvalue weighted by Gasteiger charge is 2.07. The van der Waals surface area contributed by atoms with Crippen LogP contribution in [0.1, 0.15) is 24.8 Å². The summed E-state index contributed by atoms with van der Waals surface area (Å²) >= 11 is 3.32. The molecule has 0 aromatic carbocycles. The minimum absolute atomic E-state index is 0.0324. The second-order valence-electron chi connectivity index (χ2n) is 2.53. The first kappa shape index (κ1) is 9.21. The van der Waals surface area contributed by atoms with Crippen molar-refractivity contribution in [1.29, 1.82) is 5.26 Å². The second kappa shape index (κ2) is 4.22. The molecule has 0 aliphatic heterocycles. The highest BCUT2D eigenvalue weighted by atomic mass is 79.9. The zero-order chi connectivity index (χ0) is 8.97. The highest BCUT2D eigenvalue weighted by molar-refractivity contribution is 9.10. The van der Waals surface area contributed by atoms with Gasteiger partial charge in [-0.05, 0) is 34.0 Å². The molecule has 12 heavy (non-hydrogen) atoms. The van der Waals surface area contributed by atoms with Crippen LogP contribution in [-0.2, 0) is 0 Å². The van der Waals surface area contributed by atoms with Crippen molar-refractivity contribution in [3.8, 4) is 6.07 Å². The van der Waals surface area contributed by atoms with Crippen LogP contribution in [0.15, 0.2) is 22.9 Å². The molecule has 2 nitrogen and oxygen atoms in total. The van der Waals surface area contributed by atoms with Crippen molar-refractivity contribution in [3.05, 3.63) is 28.5 Å². The second-order valence-corrected chi connectivity index (χ2v) is 3.44. The number of pyridine rings is 1. The van der Waals surface area contributed by atoms with E-state index in [1.807, 2.05) is 13.0 Å². The van der Waals surface area contributed by atoms with E-state index in [0.29, 0.717) is 0 Å². The maximum Gasteiger partial charge on any atom is 0.0725 e. The van der Waals surface area contributed by atoms with Crippen LogP contribution in [0.25, 0.3) is 0 Å². The molecule has 0 bridgehead atoms. The molecule has 0 N–H and O–H groups in total. The topological polar surface area (TPSA) is 36.7 Å². The fourth-order valence-electron chi connectivity index (χ4n) is 1.02. The largest absolute Gasteiger partial charge is 0.263 e. The quantitative estimate of drug-likeness (QED) is 0.775. The Morgan fingerprint density at radius 2 is 2.42 bits per heavy atom. The summed E-state index contributed by atoms with van der Waals surface area (Å²) in [6, 6.07) is 4.17. The van der Waals surface area contributed by atoms with E-state index in [1.54, 1.807) is 12.4 Å². The summed E-state index contributed by atoms with van der Waals surface area (Å²) in [4.78, 5) is 4.00. The average Bonchev–Trinajstić information content (AvgIpc) is 2.07. The average molecular weight is 225 g/mol. The lowest BCUT2D eigenvalue weighted by Crippen LogP contribution is -1.93. The van der Waals surface area contributed by atoms with Crippen LogP contribution in [-0.4, -0.2) is 4.98 Å². The van der Waals surface area contributed by atoms with Gasteiger partial charge in [-0.2, -0.15) is 5.26 Å². The monoisotopic (exact) mass is 224 g/mol. The summed E-state index contributed by atoms with van der Waals surface area (Å²) in [5.74, 6) is -0.0324. The van der Waals surface area contributed by atoms with Crippen LogP contribution in [0.3, 0.4) is 0 Å². The van der Waals surface area contributed by atoms with Gasteiger partial charge in [0.1, 0.15) is 0 Å². The summed E-state index contributed by atoms with van der Waals surface area (Å²) in [6.07, 6.45) is 4.28. The summed E-state index contributed by atoms with van der Waals surface area (Å²) in [6.45, 7) is 1.99. The van der Waals surface area contributed by atoms with Crippen molar-refractivity contribution in [2.75, 3.05) is 0 Å². The Hall–Kier alpha value is -0.880. The van der Waals surface area contributed by atoms with Crippen molar-refractivity contribution in [1.82, 2.24) is 4.98 Å². The van der Waals surface area contributed by atoms with E-state index in [0.717, 1.165) is 16.5 Å². The predicted octanol–water partition coefficient (Wildman–Crippen LogP) is 2.86. The van der Waals surface area contributed by atoms with Crippen LogP contribution in [0.5, 0.6) is 0 Å². The predicted molar refractivity (Wildman–Crippen MR) is 50.6 cm³/mol. The van der Waals surface area contributed by atoms with Crippen LogP contribution in [0, 0.1) is 11.3 Å². The summed E-state index contributed by atoms with van der Waals surface area (Å²) < 4.78 is 0.925. The number of nitriles is 1. The molecule has 0 spiro atoms. The molecule has 1 rings (SSSR count). The van der Waals surface area contributed by atoms with E-state index >= 15 is 0 Å². The van der Waals surface area contributed by atoms with Gasteiger partial charge in [0.2, 0.25) is 0 Å². The number of hydrogen-bond donors (Lipinski definition) is 0. The molecule has 0 amide bonds. The van der Waals surface area contributed by atoms with Gasteiger partial charge in [0, 0.05) is 16.9 Å². The summed E-state index contributed by atoms with van der Waals surface area (Å²) in [5.41, 5.74) is 0.981. The third kappa shape index (κ3) is 2.05. The number of hydrogen-bond acceptors (Lipinski definition) is 2. The fraction of sp³-hybridized carbons (Fsp3) is 0.333. The third-order valence-corrected chi connectivity index (χ3v) is 2.13. The van der Waals surface area contributed by atoms with Gasteiger partial charge in [0.25, 0.3) is 0 Å². The minimum atomic E-state index is -0.0324. The first-order valence-corrected chi connectivity index (χ1v) is 4.57. The SMILES string of the molecule is CCC(C#N)c1cncc(Br)c1. The zero-order valence-corrected chi connectivity index (χ0v) is 8.37. The molecule has 1 atom stereocenters. The van der Waals surface area contributed by atoms with Crippen LogP contribution in [0.2, 0.25) is 0 Å². The third-order valence-electron chi connectivity index (χ3n) is 1.69. The smallest absolute Gasteiger partial charge is 0.0725 e. The lowest BCUT2D eigenvalue weighted by molar-refractivity contribution is 0.812. The van der Waals surface area contributed by atoms with Crippen molar-refractivity contribution in [2.24, 2.45) is 0 Å². The molecule has 0 radical (unpaired) electrons. The van der Waals surface area contributed by atoms with E-state index < -0.39 is 0 Å². The molecule has 0 aliphatic carbocycles. The van der Waals surface area contributed by atoms with Crippen LogP contribution in [0.4, 0.5) is 0 Å². The number of nitrogens with zero attached hydrogens (tertiary/aromatic N) is 2. The van der Waals surface area contributed by atoms with Gasteiger partial charge >= 0.3 is 0 Å². The molecule has 1 unspecified atom stereocenters. The Labute approximate surface area is 80.4 Å². The van der Waals surface area contributed by atoms with Crippen molar-refractivity contribution in [2.45, 2.75) is 19.3 Å². The Morgan fingerprint density at radius 3 is 2.92 bits per heavy atom. The maximum atomic E-state index is 8.78. The number of halogens is 1. The van der Waals surface area contributed by atoms with Crippen LogP contribution < -0.4 is 0 Å². The van der Waals surface area contributed by atoms with E-state index in [2.05, 4.69) is 27.0 Å². The molecule has 0 fully saturated rings. The molecule has 1 aromatic heterocycles. The minimum Gasteiger partial charge on any atom is -0.263 e. The lowest BCUT2D eigenvalue weighted by atomic mass is 10.0.